The first kappa shape index (κ1) is 26.5. The van der Waals surface area contributed by atoms with Crippen molar-refractivity contribution in [2.45, 2.75) is 44.1 Å². The molecule has 0 saturated heterocycles. The Morgan fingerprint density at radius 3 is 2.45 bits per heavy atom. The third-order valence-corrected chi connectivity index (χ3v) is 5.73. The fourth-order valence-electron chi connectivity index (χ4n) is 2.90. The number of thioether (sulfide) groups is 1. The molecular formula is C22H33N5O5S. The van der Waals surface area contributed by atoms with Gasteiger partial charge in [0.2, 0.25) is 5.91 Å². The van der Waals surface area contributed by atoms with Crippen LogP contribution in [0.25, 0.3) is 11.4 Å². The van der Waals surface area contributed by atoms with E-state index in [4.69, 9.17) is 14.2 Å². The van der Waals surface area contributed by atoms with E-state index in [0.717, 1.165) is 12.0 Å². The van der Waals surface area contributed by atoms with E-state index in [1.807, 2.05) is 30.5 Å². The molecule has 2 N–H and O–H groups in total. The lowest BCUT2D eigenvalue weighted by Gasteiger charge is -2.15. The van der Waals surface area contributed by atoms with Crippen LogP contribution < -0.4 is 20.1 Å². The average Bonchev–Trinajstić information content (AvgIpc) is 3.19. The van der Waals surface area contributed by atoms with E-state index in [0.29, 0.717) is 48.1 Å². The molecule has 1 aromatic heterocycles. The summed E-state index contributed by atoms with van der Waals surface area (Å²) in [5.41, 5.74) is 0.801. The summed E-state index contributed by atoms with van der Waals surface area (Å²) in [6, 6.07) is 5.01. The maximum absolute atomic E-state index is 12.5. The highest BCUT2D eigenvalue weighted by molar-refractivity contribution is 8.00. The van der Waals surface area contributed by atoms with Crippen LogP contribution in [-0.2, 0) is 16.1 Å². The highest BCUT2D eigenvalue weighted by Gasteiger charge is 2.22. The summed E-state index contributed by atoms with van der Waals surface area (Å²) in [5, 5.41) is 13.7. The Morgan fingerprint density at radius 1 is 1.09 bits per heavy atom. The number of hydrogen-bond donors (Lipinski definition) is 2. The molecule has 0 bridgehead atoms. The Balaban J connectivity index is 2.22. The molecule has 10 nitrogen and oxygen atoms in total. The van der Waals surface area contributed by atoms with Crippen molar-refractivity contribution in [3.63, 3.8) is 0 Å². The number of aromatic nitrogens is 3. The molecular weight excluding hydrogens is 446 g/mol. The minimum absolute atomic E-state index is 0.290. The first-order chi connectivity index (χ1) is 15.8. The maximum Gasteiger partial charge on any atom is 0.321 e. The van der Waals surface area contributed by atoms with E-state index in [2.05, 4.69) is 20.8 Å². The first-order valence-corrected chi connectivity index (χ1v) is 11.6. The molecule has 0 fully saturated rings. The van der Waals surface area contributed by atoms with Gasteiger partial charge in [0.25, 0.3) is 0 Å². The van der Waals surface area contributed by atoms with Gasteiger partial charge >= 0.3 is 6.03 Å². The van der Waals surface area contributed by atoms with E-state index < -0.39 is 17.2 Å². The average molecular weight is 480 g/mol. The standard InChI is InChI=1S/C22H33N5O5S/c1-14(2)13-23-21(29)24-20(28)15(3)33-22-26-25-19(27(22)10-7-11-30-4)16-8-9-17(31-5)18(12-16)32-6/h8-9,12,14-15H,7,10-11,13H2,1-6H3,(H2,23,24,28,29). The van der Waals surface area contributed by atoms with Crippen molar-refractivity contribution in [3.8, 4) is 22.9 Å². The highest BCUT2D eigenvalue weighted by Crippen LogP contribution is 2.33. The van der Waals surface area contributed by atoms with Crippen molar-refractivity contribution in [1.82, 2.24) is 25.4 Å². The van der Waals surface area contributed by atoms with Crippen molar-refractivity contribution in [1.29, 1.82) is 0 Å². The van der Waals surface area contributed by atoms with Crippen LogP contribution in [0.3, 0.4) is 0 Å². The molecule has 11 heteroatoms. The number of methoxy groups -OCH3 is 3. The molecule has 0 radical (unpaired) electrons. The lowest BCUT2D eigenvalue weighted by atomic mass is 10.2. The van der Waals surface area contributed by atoms with Crippen LogP contribution in [0.1, 0.15) is 27.2 Å². The van der Waals surface area contributed by atoms with E-state index in [9.17, 15) is 9.59 Å². The van der Waals surface area contributed by atoms with Crippen molar-refractivity contribution in [2.24, 2.45) is 5.92 Å². The highest BCUT2D eigenvalue weighted by atomic mass is 32.2. The van der Waals surface area contributed by atoms with Gasteiger partial charge < -0.3 is 24.1 Å². The summed E-state index contributed by atoms with van der Waals surface area (Å²) >= 11 is 1.24. The van der Waals surface area contributed by atoms with Crippen molar-refractivity contribution in [3.05, 3.63) is 18.2 Å². The second-order valence-electron chi connectivity index (χ2n) is 7.73. The van der Waals surface area contributed by atoms with Gasteiger partial charge in [0.05, 0.1) is 19.5 Å². The Bertz CT molecular complexity index is 934. The fourth-order valence-corrected chi connectivity index (χ4v) is 3.77. The lowest BCUT2D eigenvalue weighted by Crippen LogP contribution is -2.43. The van der Waals surface area contributed by atoms with E-state index in [1.165, 1.54) is 11.8 Å². The number of hydrogen-bond acceptors (Lipinski definition) is 8. The quantitative estimate of drug-likeness (QED) is 0.353. The minimum atomic E-state index is -0.557. The number of imide groups is 1. The second kappa shape index (κ2) is 13.0. The van der Waals surface area contributed by atoms with Crippen LogP contribution >= 0.6 is 11.8 Å². The van der Waals surface area contributed by atoms with Gasteiger partial charge in [-0.05, 0) is 37.5 Å². The van der Waals surface area contributed by atoms with Gasteiger partial charge in [-0.25, -0.2) is 4.79 Å². The number of benzene rings is 1. The second-order valence-corrected chi connectivity index (χ2v) is 9.04. The SMILES string of the molecule is COCCCn1c(SC(C)C(=O)NC(=O)NCC(C)C)nnc1-c1ccc(OC)c(OC)c1. The number of amides is 3. The van der Waals surface area contributed by atoms with Crippen molar-refractivity contribution in [2.75, 3.05) is 34.5 Å². The predicted octanol–water partition coefficient (Wildman–Crippen LogP) is 2.96. The molecule has 1 heterocycles. The zero-order chi connectivity index (χ0) is 24.4. The molecule has 0 aliphatic carbocycles. The maximum atomic E-state index is 12.5. The molecule has 3 amide bonds. The van der Waals surface area contributed by atoms with Crippen LogP contribution in [0.2, 0.25) is 0 Å². The molecule has 1 atom stereocenters. The zero-order valence-corrected chi connectivity index (χ0v) is 20.8. The molecule has 0 saturated carbocycles. The number of carbonyl (C=O) groups excluding carboxylic acids is 2. The minimum Gasteiger partial charge on any atom is -0.493 e. The Hall–Kier alpha value is -2.79. The van der Waals surface area contributed by atoms with Gasteiger partial charge in [-0.15, -0.1) is 10.2 Å². The number of rotatable bonds is 12. The number of nitrogens with one attached hydrogen (secondary N) is 2. The molecule has 182 valence electrons. The summed E-state index contributed by atoms with van der Waals surface area (Å²) in [4.78, 5) is 24.4. The van der Waals surface area contributed by atoms with Gasteiger partial charge in [-0.3, -0.25) is 10.1 Å². The molecule has 0 aliphatic rings. The van der Waals surface area contributed by atoms with E-state index in [-0.39, 0.29) is 0 Å². The van der Waals surface area contributed by atoms with Crippen LogP contribution in [0, 0.1) is 5.92 Å². The molecule has 1 aromatic carbocycles. The Labute approximate surface area is 198 Å². The normalized spacial score (nSPS) is 11.8. The molecule has 0 spiro atoms. The predicted molar refractivity (Wildman–Crippen MR) is 127 cm³/mol. The Kier molecular flexibility index (Phi) is 10.5. The Morgan fingerprint density at radius 2 is 1.82 bits per heavy atom. The number of ether oxygens (including phenoxy) is 3. The van der Waals surface area contributed by atoms with Gasteiger partial charge in [-0.1, -0.05) is 25.6 Å². The van der Waals surface area contributed by atoms with Crippen molar-refractivity contribution < 1.29 is 23.8 Å². The lowest BCUT2D eigenvalue weighted by molar-refractivity contribution is -0.119. The molecule has 33 heavy (non-hydrogen) atoms. The fraction of sp³-hybridized carbons (Fsp3) is 0.545. The zero-order valence-electron chi connectivity index (χ0n) is 20.0. The van der Waals surface area contributed by atoms with Gasteiger partial charge in [-0.2, -0.15) is 0 Å². The summed E-state index contributed by atoms with van der Waals surface area (Å²) in [7, 11) is 4.80. The summed E-state index contributed by atoms with van der Waals surface area (Å²) in [6.07, 6.45) is 0.737. The van der Waals surface area contributed by atoms with Gasteiger partial charge in [0, 0.05) is 32.4 Å². The monoisotopic (exact) mass is 479 g/mol. The molecule has 2 aromatic rings. The van der Waals surface area contributed by atoms with Crippen LogP contribution in [0.15, 0.2) is 23.4 Å². The van der Waals surface area contributed by atoms with E-state index in [1.54, 1.807) is 34.3 Å². The topological polar surface area (TPSA) is 117 Å². The van der Waals surface area contributed by atoms with E-state index >= 15 is 0 Å². The van der Waals surface area contributed by atoms with Crippen LogP contribution in [0.4, 0.5) is 4.79 Å². The van der Waals surface area contributed by atoms with Gasteiger partial charge in [0.1, 0.15) is 0 Å². The van der Waals surface area contributed by atoms with Crippen molar-refractivity contribution >= 4 is 23.7 Å². The number of carbonyl (C=O) groups is 2. The third kappa shape index (κ3) is 7.64. The smallest absolute Gasteiger partial charge is 0.321 e. The van der Waals surface area contributed by atoms with Gasteiger partial charge in [0.15, 0.2) is 22.5 Å². The third-order valence-electron chi connectivity index (χ3n) is 4.65. The summed E-state index contributed by atoms with van der Waals surface area (Å²) < 4.78 is 17.9. The van der Waals surface area contributed by atoms with Crippen LogP contribution in [-0.4, -0.2) is 66.4 Å². The first-order valence-electron chi connectivity index (χ1n) is 10.7. The number of urea groups is 1. The molecule has 2 rings (SSSR count). The summed E-state index contributed by atoms with van der Waals surface area (Å²) in [6.45, 7) is 7.33. The molecule has 1 unspecified atom stereocenters. The molecule has 0 aliphatic heterocycles. The van der Waals surface area contributed by atoms with Crippen LogP contribution in [0.5, 0.6) is 11.5 Å². The number of nitrogens with zero attached hydrogens (tertiary/aromatic N) is 3. The summed E-state index contributed by atoms with van der Waals surface area (Å²) in [5.74, 6) is 1.72. The largest absolute Gasteiger partial charge is 0.493 e.